The summed E-state index contributed by atoms with van der Waals surface area (Å²) in [4.78, 5) is 16.3. The van der Waals surface area contributed by atoms with Crippen molar-refractivity contribution in [1.82, 2.24) is 10.1 Å². The van der Waals surface area contributed by atoms with E-state index in [2.05, 4.69) is 41.4 Å². The molecular weight excluding hydrogens is 292 g/mol. The number of benzene rings is 1. The Labute approximate surface area is 135 Å². The number of nitrogens with zero attached hydrogens (tertiary/aromatic N) is 3. The van der Waals surface area contributed by atoms with E-state index in [1.165, 1.54) is 24.6 Å². The van der Waals surface area contributed by atoms with Gasteiger partial charge < -0.3 is 10.1 Å². The Morgan fingerprint density at radius 2 is 2.13 bits per heavy atom. The van der Waals surface area contributed by atoms with Crippen molar-refractivity contribution in [3.05, 3.63) is 41.3 Å². The Balaban J connectivity index is 1.93. The molecule has 0 bridgehead atoms. The van der Waals surface area contributed by atoms with Gasteiger partial charge in [-0.3, -0.25) is 4.79 Å². The van der Waals surface area contributed by atoms with Gasteiger partial charge in [-0.1, -0.05) is 17.7 Å². The monoisotopic (exact) mass is 313 g/mol. The summed E-state index contributed by atoms with van der Waals surface area (Å²) in [6.45, 7) is 6.69. The molecule has 1 aliphatic heterocycles. The molecule has 3 rings (SSSR count). The number of aromatic nitrogens is 3. The predicted octanol–water partition coefficient (Wildman–Crippen LogP) is 2.03. The Morgan fingerprint density at radius 1 is 1.35 bits per heavy atom. The topological polar surface area (TPSA) is 68.0 Å². The first-order valence-corrected chi connectivity index (χ1v) is 7.68. The third kappa shape index (κ3) is 2.76. The summed E-state index contributed by atoms with van der Waals surface area (Å²) in [5, 5.41) is 7.62. The highest BCUT2D eigenvalue weighted by atomic mass is 16.5. The van der Waals surface area contributed by atoms with E-state index in [4.69, 9.17) is 4.74 Å². The minimum absolute atomic E-state index is 0.00213. The average molecular weight is 313 g/mol. The Bertz CT molecular complexity index is 760. The summed E-state index contributed by atoms with van der Waals surface area (Å²) >= 11 is 0. The highest BCUT2D eigenvalue weighted by molar-refractivity contribution is 5.74. The number of fused-ring (bicyclic) bond motifs is 1. The first kappa shape index (κ1) is 15.4. The molecule has 0 spiro atoms. The van der Waals surface area contributed by atoms with Crippen LogP contribution in [0.2, 0.25) is 0 Å². The summed E-state index contributed by atoms with van der Waals surface area (Å²) < 4.78 is 6.74. The zero-order chi connectivity index (χ0) is 16.6. The molecule has 0 amide bonds. The molecule has 120 valence electrons. The van der Waals surface area contributed by atoms with Crippen LogP contribution in [-0.2, 0) is 16.1 Å². The number of methoxy groups -OCH3 is 1. The second-order valence-electron chi connectivity index (χ2n) is 6.02. The second-order valence-corrected chi connectivity index (χ2v) is 6.02. The van der Waals surface area contributed by atoms with Crippen LogP contribution >= 0.6 is 0 Å². The summed E-state index contributed by atoms with van der Waals surface area (Å²) in [6.07, 6.45) is 1.51. The molecule has 0 aliphatic carbocycles. The first-order chi connectivity index (χ1) is 11.0. The first-order valence-electron chi connectivity index (χ1n) is 7.68. The summed E-state index contributed by atoms with van der Waals surface area (Å²) in [7, 11) is 1.42. The smallest absolute Gasteiger partial charge is 0.316 e. The van der Waals surface area contributed by atoms with Crippen molar-refractivity contribution in [2.24, 2.45) is 5.92 Å². The lowest BCUT2D eigenvalue weighted by Crippen LogP contribution is -2.40. The van der Waals surface area contributed by atoms with Crippen molar-refractivity contribution in [2.75, 3.05) is 12.4 Å². The second kappa shape index (κ2) is 5.95. The van der Waals surface area contributed by atoms with Gasteiger partial charge in [-0.05, 0) is 37.1 Å². The number of anilines is 2. The van der Waals surface area contributed by atoms with Crippen LogP contribution in [0.25, 0.3) is 0 Å². The molecule has 1 aliphatic rings. The maximum Gasteiger partial charge on any atom is 0.316 e. The molecule has 0 radical (unpaired) electrons. The maximum absolute atomic E-state index is 11.9. The van der Waals surface area contributed by atoms with Gasteiger partial charge >= 0.3 is 5.97 Å². The van der Waals surface area contributed by atoms with Crippen LogP contribution < -0.4 is 10.00 Å². The molecule has 6 heteroatoms. The lowest BCUT2D eigenvalue weighted by atomic mass is 9.95. The summed E-state index contributed by atoms with van der Waals surface area (Å²) in [6, 6.07) is 6.19. The highest BCUT2D eigenvalue weighted by Gasteiger charge is 2.45. The van der Waals surface area contributed by atoms with Crippen LogP contribution in [0.4, 0.5) is 11.5 Å². The third-order valence-corrected chi connectivity index (χ3v) is 4.58. The van der Waals surface area contributed by atoms with E-state index in [1.807, 2.05) is 17.7 Å². The molecule has 2 aromatic rings. The Hall–Kier alpha value is -2.50. The molecule has 0 fully saturated rings. The van der Waals surface area contributed by atoms with Gasteiger partial charge in [0.1, 0.15) is 5.92 Å². The van der Waals surface area contributed by atoms with Gasteiger partial charge in [0.15, 0.2) is 12.9 Å². The number of rotatable bonds is 3. The molecule has 2 unspecified atom stereocenters. The van der Waals surface area contributed by atoms with Gasteiger partial charge in [0.25, 0.3) is 5.69 Å². The lowest BCUT2D eigenvalue weighted by molar-refractivity contribution is -0.750. The molecular formula is C17H21N4O2+. The van der Waals surface area contributed by atoms with Gasteiger partial charge in [-0.2, -0.15) is 0 Å². The van der Waals surface area contributed by atoms with E-state index in [9.17, 15) is 4.79 Å². The number of hydrogen-bond acceptors (Lipinski definition) is 5. The van der Waals surface area contributed by atoms with E-state index in [0.717, 1.165) is 17.2 Å². The zero-order valence-corrected chi connectivity index (χ0v) is 13.8. The van der Waals surface area contributed by atoms with Crippen molar-refractivity contribution in [3.63, 3.8) is 0 Å². The van der Waals surface area contributed by atoms with E-state index in [-0.39, 0.29) is 17.8 Å². The fourth-order valence-electron chi connectivity index (χ4n) is 3.01. The van der Waals surface area contributed by atoms with Crippen molar-refractivity contribution in [3.8, 4) is 0 Å². The maximum atomic E-state index is 11.9. The van der Waals surface area contributed by atoms with Gasteiger partial charge in [-0.25, -0.2) is 4.98 Å². The van der Waals surface area contributed by atoms with Gasteiger partial charge in [-0.15, -0.1) is 0 Å². The van der Waals surface area contributed by atoms with Crippen LogP contribution in [0.1, 0.15) is 29.7 Å². The highest BCUT2D eigenvalue weighted by Crippen LogP contribution is 2.33. The number of nitrogens with one attached hydrogen (secondary N) is 1. The van der Waals surface area contributed by atoms with Crippen LogP contribution in [0, 0.1) is 19.8 Å². The zero-order valence-electron chi connectivity index (χ0n) is 13.8. The Kier molecular flexibility index (Phi) is 3.98. The fraction of sp³-hybridized carbons (Fsp3) is 0.412. The summed E-state index contributed by atoms with van der Waals surface area (Å²) in [5.74, 6) is 0.303. The van der Waals surface area contributed by atoms with Crippen LogP contribution in [-0.4, -0.2) is 23.2 Å². The molecule has 1 aromatic carbocycles. The van der Waals surface area contributed by atoms with E-state index < -0.39 is 0 Å². The molecule has 0 saturated heterocycles. The lowest BCUT2D eigenvalue weighted by Gasteiger charge is -2.10. The normalized spacial score (nSPS) is 19.3. The standard InChI is InChI=1S/C17H21N4O2/c1-10-5-6-13(7-11(10)2)20-16-15-12(3)14(17(22)23-4)8-21(15)19-9-18-16/h5-7,9,12,14H,8H2,1-4H3,(H,18,19,20)/q+1. The van der Waals surface area contributed by atoms with Gasteiger partial charge in [0, 0.05) is 10.8 Å². The summed E-state index contributed by atoms with van der Waals surface area (Å²) in [5.41, 5.74) is 4.37. The number of hydrogen-bond donors (Lipinski definition) is 1. The molecule has 1 aromatic heterocycles. The minimum Gasteiger partial charge on any atom is -0.469 e. The van der Waals surface area contributed by atoms with Gasteiger partial charge in [0.2, 0.25) is 5.82 Å². The van der Waals surface area contributed by atoms with Crippen LogP contribution in [0.5, 0.6) is 0 Å². The number of carbonyl (C=O) groups excluding carboxylic acids is 1. The van der Waals surface area contributed by atoms with Crippen molar-refractivity contribution in [1.29, 1.82) is 0 Å². The minimum atomic E-state index is -0.225. The molecule has 2 heterocycles. The van der Waals surface area contributed by atoms with E-state index in [1.54, 1.807) is 0 Å². The quantitative estimate of drug-likeness (QED) is 0.694. The number of carbonyl (C=O) groups is 1. The van der Waals surface area contributed by atoms with E-state index in [0.29, 0.717) is 6.54 Å². The van der Waals surface area contributed by atoms with Crippen molar-refractivity contribution in [2.45, 2.75) is 33.2 Å². The number of esters is 1. The number of aryl methyl sites for hydroxylation is 2. The molecule has 1 N–H and O–H groups in total. The van der Waals surface area contributed by atoms with E-state index >= 15 is 0 Å². The predicted molar refractivity (Wildman–Crippen MR) is 85.3 cm³/mol. The van der Waals surface area contributed by atoms with Crippen molar-refractivity contribution < 1.29 is 14.2 Å². The Morgan fingerprint density at radius 3 is 2.83 bits per heavy atom. The van der Waals surface area contributed by atoms with Crippen LogP contribution in [0.15, 0.2) is 24.5 Å². The molecule has 2 atom stereocenters. The third-order valence-electron chi connectivity index (χ3n) is 4.58. The van der Waals surface area contributed by atoms with Gasteiger partial charge in [0.05, 0.1) is 13.0 Å². The fourth-order valence-corrected chi connectivity index (χ4v) is 3.01. The average Bonchev–Trinajstić information content (AvgIpc) is 2.88. The number of ether oxygens (including phenoxy) is 1. The SMILES string of the molecule is COC(=O)C1C[n+]2ncnc(Nc3ccc(C)c(C)c3)c2C1C. The largest absolute Gasteiger partial charge is 0.469 e. The van der Waals surface area contributed by atoms with Crippen LogP contribution in [0.3, 0.4) is 0 Å². The molecule has 6 nitrogen and oxygen atoms in total. The molecule has 0 saturated carbocycles. The molecule has 23 heavy (non-hydrogen) atoms. The van der Waals surface area contributed by atoms with Crippen molar-refractivity contribution >= 4 is 17.5 Å².